The van der Waals surface area contributed by atoms with E-state index in [0.29, 0.717) is 19.6 Å². The van der Waals surface area contributed by atoms with E-state index in [0.717, 1.165) is 18.5 Å². The maximum atomic E-state index is 12.3. The highest BCUT2D eigenvalue weighted by Gasteiger charge is 2.28. The number of piperidine rings is 1. The first kappa shape index (κ1) is 20.3. The standard InChI is InChI=1S/C17H26N4O2.ClH/c1-13(18-2)11-19-16(22)14-7-6-10-21(12-14)17(23)20-15-8-4-3-5-9-15;/h3-5,8-9,13-14,18H,6-7,10-12H2,1-2H3,(H,19,22)(H,20,23);1H. The lowest BCUT2D eigenvalue weighted by Crippen LogP contribution is -2.48. The molecule has 134 valence electrons. The predicted octanol–water partition coefficient (Wildman–Crippen LogP) is 2.08. The summed E-state index contributed by atoms with van der Waals surface area (Å²) in [6, 6.07) is 9.47. The van der Waals surface area contributed by atoms with Gasteiger partial charge in [-0.15, -0.1) is 12.4 Å². The summed E-state index contributed by atoms with van der Waals surface area (Å²) in [7, 11) is 1.87. The van der Waals surface area contributed by atoms with E-state index in [2.05, 4.69) is 16.0 Å². The molecule has 24 heavy (non-hydrogen) atoms. The summed E-state index contributed by atoms with van der Waals surface area (Å²) in [4.78, 5) is 26.3. The van der Waals surface area contributed by atoms with Crippen LogP contribution in [0.1, 0.15) is 19.8 Å². The van der Waals surface area contributed by atoms with Crippen molar-refractivity contribution in [2.75, 3.05) is 32.0 Å². The minimum absolute atomic E-state index is 0. The van der Waals surface area contributed by atoms with Crippen molar-refractivity contribution in [1.29, 1.82) is 0 Å². The van der Waals surface area contributed by atoms with Gasteiger partial charge in [0, 0.05) is 31.4 Å². The number of amides is 3. The third-order valence-corrected chi connectivity index (χ3v) is 4.18. The molecule has 3 amide bonds. The normalized spacial score (nSPS) is 18.2. The zero-order valence-electron chi connectivity index (χ0n) is 14.2. The predicted molar refractivity (Wildman–Crippen MR) is 98.5 cm³/mol. The van der Waals surface area contributed by atoms with Crippen LogP contribution in [0.25, 0.3) is 0 Å². The van der Waals surface area contributed by atoms with Gasteiger partial charge in [0.2, 0.25) is 5.91 Å². The van der Waals surface area contributed by atoms with Crippen LogP contribution in [0.3, 0.4) is 0 Å². The van der Waals surface area contributed by atoms with E-state index >= 15 is 0 Å². The summed E-state index contributed by atoms with van der Waals surface area (Å²) in [5.74, 6) is -0.0985. The van der Waals surface area contributed by atoms with E-state index in [1.807, 2.05) is 44.3 Å². The number of benzene rings is 1. The molecule has 1 heterocycles. The molecule has 0 aliphatic carbocycles. The fourth-order valence-electron chi connectivity index (χ4n) is 2.60. The van der Waals surface area contributed by atoms with Crippen molar-refractivity contribution in [3.8, 4) is 0 Å². The Morgan fingerprint density at radius 2 is 2.00 bits per heavy atom. The molecule has 1 aromatic carbocycles. The van der Waals surface area contributed by atoms with E-state index in [1.54, 1.807) is 4.90 Å². The molecular weight excluding hydrogens is 328 g/mol. The number of rotatable bonds is 5. The van der Waals surface area contributed by atoms with E-state index in [9.17, 15) is 9.59 Å². The molecule has 3 N–H and O–H groups in total. The molecule has 0 spiro atoms. The van der Waals surface area contributed by atoms with Gasteiger partial charge in [-0.3, -0.25) is 4.79 Å². The molecule has 7 heteroatoms. The third kappa shape index (κ3) is 6.02. The van der Waals surface area contributed by atoms with Crippen LogP contribution < -0.4 is 16.0 Å². The average Bonchev–Trinajstić information content (AvgIpc) is 2.60. The fourth-order valence-corrected chi connectivity index (χ4v) is 2.60. The minimum atomic E-state index is -0.141. The Morgan fingerprint density at radius 3 is 2.67 bits per heavy atom. The molecule has 6 nitrogen and oxygen atoms in total. The Hall–Kier alpha value is -1.79. The zero-order chi connectivity index (χ0) is 16.7. The van der Waals surface area contributed by atoms with Crippen molar-refractivity contribution in [2.45, 2.75) is 25.8 Å². The van der Waals surface area contributed by atoms with Crippen molar-refractivity contribution in [2.24, 2.45) is 5.92 Å². The molecule has 2 rings (SSSR count). The number of halogens is 1. The highest BCUT2D eigenvalue weighted by molar-refractivity contribution is 5.90. The van der Waals surface area contributed by atoms with Gasteiger partial charge in [0.15, 0.2) is 0 Å². The number of nitrogens with zero attached hydrogens (tertiary/aromatic N) is 1. The number of nitrogens with one attached hydrogen (secondary N) is 3. The fraction of sp³-hybridized carbons (Fsp3) is 0.529. The van der Waals surface area contributed by atoms with Crippen molar-refractivity contribution in [1.82, 2.24) is 15.5 Å². The minimum Gasteiger partial charge on any atom is -0.354 e. The molecule has 0 saturated carbocycles. The molecule has 1 aliphatic rings. The number of para-hydroxylation sites is 1. The van der Waals surface area contributed by atoms with Crippen LogP contribution in [0.15, 0.2) is 30.3 Å². The second-order valence-electron chi connectivity index (χ2n) is 6.02. The van der Waals surface area contributed by atoms with Gasteiger partial charge in [0.25, 0.3) is 0 Å². The van der Waals surface area contributed by atoms with E-state index in [-0.39, 0.29) is 36.3 Å². The van der Waals surface area contributed by atoms with Gasteiger partial charge in [0.1, 0.15) is 0 Å². The van der Waals surface area contributed by atoms with E-state index in [4.69, 9.17) is 0 Å². The molecule has 0 bridgehead atoms. The molecule has 2 unspecified atom stereocenters. The lowest BCUT2D eigenvalue weighted by Gasteiger charge is -2.32. The molecule has 1 aliphatic heterocycles. The maximum absolute atomic E-state index is 12.3. The Kier molecular flexibility index (Phi) is 8.57. The SMILES string of the molecule is CNC(C)CNC(=O)C1CCCN(C(=O)Nc2ccccc2)C1.Cl. The largest absolute Gasteiger partial charge is 0.354 e. The van der Waals surface area contributed by atoms with Crippen LogP contribution in [0, 0.1) is 5.92 Å². The third-order valence-electron chi connectivity index (χ3n) is 4.18. The van der Waals surface area contributed by atoms with Gasteiger partial charge in [-0.2, -0.15) is 0 Å². The number of carbonyl (C=O) groups is 2. The van der Waals surface area contributed by atoms with Gasteiger partial charge >= 0.3 is 6.03 Å². The smallest absolute Gasteiger partial charge is 0.321 e. The number of hydrogen-bond donors (Lipinski definition) is 3. The lowest BCUT2D eigenvalue weighted by atomic mass is 9.97. The highest BCUT2D eigenvalue weighted by Crippen LogP contribution is 2.18. The highest BCUT2D eigenvalue weighted by atomic mass is 35.5. The Balaban J connectivity index is 0.00000288. The quantitative estimate of drug-likeness (QED) is 0.758. The van der Waals surface area contributed by atoms with Crippen molar-refractivity contribution < 1.29 is 9.59 Å². The van der Waals surface area contributed by atoms with Gasteiger partial charge in [0.05, 0.1) is 5.92 Å². The zero-order valence-corrected chi connectivity index (χ0v) is 15.1. The number of carbonyl (C=O) groups excluding carboxylic acids is 2. The Labute approximate surface area is 149 Å². The van der Waals surface area contributed by atoms with E-state index < -0.39 is 0 Å². The first-order valence-corrected chi connectivity index (χ1v) is 8.16. The monoisotopic (exact) mass is 354 g/mol. The van der Waals surface area contributed by atoms with Crippen LogP contribution in [-0.2, 0) is 4.79 Å². The van der Waals surface area contributed by atoms with Gasteiger partial charge in [-0.05, 0) is 38.9 Å². The summed E-state index contributed by atoms with van der Waals surface area (Å²) >= 11 is 0. The Morgan fingerprint density at radius 1 is 1.29 bits per heavy atom. The van der Waals surface area contributed by atoms with E-state index in [1.165, 1.54) is 0 Å². The van der Waals surface area contributed by atoms with Crippen molar-refractivity contribution in [3.05, 3.63) is 30.3 Å². The first-order valence-electron chi connectivity index (χ1n) is 8.16. The van der Waals surface area contributed by atoms with Crippen LogP contribution in [0.5, 0.6) is 0 Å². The second-order valence-corrected chi connectivity index (χ2v) is 6.02. The molecule has 0 aromatic heterocycles. The summed E-state index contributed by atoms with van der Waals surface area (Å²) in [5.41, 5.74) is 0.770. The molecule has 1 saturated heterocycles. The topological polar surface area (TPSA) is 73.5 Å². The average molecular weight is 355 g/mol. The van der Waals surface area contributed by atoms with Crippen molar-refractivity contribution >= 4 is 30.0 Å². The number of likely N-dealkylation sites (N-methyl/N-ethyl adjacent to an activating group) is 1. The van der Waals surface area contributed by atoms with Crippen LogP contribution in [-0.4, -0.2) is 49.6 Å². The summed E-state index contributed by atoms with van der Waals surface area (Å²) in [6.07, 6.45) is 1.68. The first-order chi connectivity index (χ1) is 11.1. The summed E-state index contributed by atoms with van der Waals surface area (Å²) < 4.78 is 0. The van der Waals surface area contributed by atoms with Crippen molar-refractivity contribution in [3.63, 3.8) is 0 Å². The molecule has 1 fully saturated rings. The molecule has 2 atom stereocenters. The van der Waals surface area contributed by atoms with Gasteiger partial charge in [-0.25, -0.2) is 4.79 Å². The lowest BCUT2D eigenvalue weighted by molar-refractivity contribution is -0.126. The number of likely N-dealkylation sites (tertiary alicyclic amines) is 1. The molecular formula is C17H27ClN4O2. The van der Waals surface area contributed by atoms with Crippen LogP contribution in [0.4, 0.5) is 10.5 Å². The van der Waals surface area contributed by atoms with Gasteiger partial charge in [-0.1, -0.05) is 18.2 Å². The summed E-state index contributed by atoms with van der Waals surface area (Å²) in [5, 5.41) is 8.92. The van der Waals surface area contributed by atoms with Gasteiger partial charge < -0.3 is 20.9 Å². The Bertz CT molecular complexity index is 527. The molecule has 1 aromatic rings. The maximum Gasteiger partial charge on any atom is 0.321 e. The second kappa shape index (κ2) is 10.2. The summed E-state index contributed by atoms with van der Waals surface area (Å²) in [6.45, 7) is 3.77. The number of anilines is 1. The van der Waals surface area contributed by atoms with Crippen LogP contribution >= 0.6 is 12.4 Å². The molecule has 0 radical (unpaired) electrons. The number of urea groups is 1. The number of hydrogen-bond acceptors (Lipinski definition) is 3. The van der Waals surface area contributed by atoms with Crippen LogP contribution in [0.2, 0.25) is 0 Å².